The molecule has 4 rings (SSSR count). The molecule has 0 fully saturated rings. The summed E-state index contributed by atoms with van der Waals surface area (Å²) in [6.45, 7) is -0.447. The number of aromatic nitrogens is 1. The molecule has 1 aliphatic carbocycles. The van der Waals surface area contributed by atoms with Gasteiger partial charge in [0.1, 0.15) is 11.5 Å². The average Bonchev–Trinajstić information content (AvgIpc) is 3.45. The van der Waals surface area contributed by atoms with Gasteiger partial charge in [-0.25, -0.2) is 4.79 Å². The SMILES string of the molecule is CN(C)C(=O)c1ccc(-c2cc(C(=O)NC3CCc4ccc(OCC(=O)O)cc43)no2)cc1O. The zero-order chi connectivity index (χ0) is 24.4. The van der Waals surface area contributed by atoms with Crippen LogP contribution in [0.3, 0.4) is 0 Å². The van der Waals surface area contributed by atoms with Crippen LogP contribution in [-0.4, -0.2) is 58.8 Å². The topological polar surface area (TPSA) is 142 Å². The number of hydrogen-bond donors (Lipinski definition) is 3. The number of nitrogens with one attached hydrogen (secondary N) is 1. The first-order valence-electron chi connectivity index (χ1n) is 10.5. The predicted octanol–water partition coefficient (Wildman–Crippen LogP) is 2.63. The van der Waals surface area contributed by atoms with Gasteiger partial charge in [-0.05, 0) is 48.2 Å². The number of ether oxygens (including phenoxy) is 1. The molecular formula is C24H23N3O7. The number of carbonyl (C=O) groups excluding carboxylic acids is 2. The van der Waals surface area contributed by atoms with Crippen molar-refractivity contribution in [2.45, 2.75) is 18.9 Å². The predicted molar refractivity (Wildman–Crippen MR) is 120 cm³/mol. The van der Waals surface area contributed by atoms with Gasteiger partial charge in [-0.15, -0.1) is 0 Å². The number of aryl methyl sites for hydroxylation is 1. The number of benzene rings is 2. The zero-order valence-corrected chi connectivity index (χ0v) is 18.6. The van der Waals surface area contributed by atoms with Crippen LogP contribution in [0.1, 0.15) is 44.4 Å². The third-order valence-electron chi connectivity index (χ3n) is 5.52. The molecular weight excluding hydrogens is 442 g/mol. The highest BCUT2D eigenvalue weighted by Crippen LogP contribution is 2.34. The first-order chi connectivity index (χ1) is 16.2. The van der Waals surface area contributed by atoms with E-state index in [-0.39, 0.29) is 34.7 Å². The van der Waals surface area contributed by atoms with E-state index in [9.17, 15) is 19.5 Å². The number of fused-ring (bicyclic) bond motifs is 1. The van der Waals surface area contributed by atoms with E-state index in [1.165, 1.54) is 23.1 Å². The Balaban J connectivity index is 1.47. The molecule has 1 unspecified atom stereocenters. The van der Waals surface area contributed by atoms with Crippen molar-refractivity contribution in [1.29, 1.82) is 0 Å². The molecule has 0 bridgehead atoms. The van der Waals surface area contributed by atoms with E-state index in [0.717, 1.165) is 17.5 Å². The van der Waals surface area contributed by atoms with E-state index in [4.69, 9.17) is 14.4 Å². The number of carboxylic acids is 1. The van der Waals surface area contributed by atoms with Gasteiger partial charge in [-0.2, -0.15) is 0 Å². The number of nitrogens with zero attached hydrogens (tertiary/aromatic N) is 2. The number of rotatable bonds is 7. The molecule has 10 heteroatoms. The van der Waals surface area contributed by atoms with Crippen molar-refractivity contribution in [1.82, 2.24) is 15.4 Å². The highest BCUT2D eigenvalue weighted by atomic mass is 16.5. The minimum Gasteiger partial charge on any atom is -0.507 e. The lowest BCUT2D eigenvalue weighted by molar-refractivity contribution is -0.139. The summed E-state index contributed by atoms with van der Waals surface area (Å²) in [5.74, 6) is -1.37. The van der Waals surface area contributed by atoms with Gasteiger partial charge in [-0.3, -0.25) is 9.59 Å². The highest BCUT2D eigenvalue weighted by Gasteiger charge is 2.26. The number of carboxylic acid groups (broad SMARTS) is 1. The minimum atomic E-state index is -1.07. The second-order valence-electron chi connectivity index (χ2n) is 8.12. The van der Waals surface area contributed by atoms with Gasteiger partial charge in [0.05, 0.1) is 11.6 Å². The summed E-state index contributed by atoms with van der Waals surface area (Å²) < 4.78 is 10.5. The molecule has 1 atom stereocenters. The summed E-state index contributed by atoms with van der Waals surface area (Å²) in [4.78, 5) is 37.0. The number of aromatic hydroxyl groups is 1. The molecule has 2 aromatic carbocycles. The van der Waals surface area contributed by atoms with Gasteiger partial charge in [0.25, 0.3) is 11.8 Å². The van der Waals surface area contributed by atoms with Gasteiger partial charge in [-0.1, -0.05) is 17.3 Å². The van der Waals surface area contributed by atoms with Crippen LogP contribution in [0.2, 0.25) is 0 Å². The molecule has 0 spiro atoms. The number of phenols is 1. The van der Waals surface area contributed by atoms with Gasteiger partial charge < -0.3 is 29.7 Å². The van der Waals surface area contributed by atoms with Crippen molar-refractivity contribution in [3.63, 3.8) is 0 Å². The van der Waals surface area contributed by atoms with Crippen LogP contribution in [0.5, 0.6) is 11.5 Å². The number of phenolic OH excluding ortho intramolecular Hbond substituents is 1. The van der Waals surface area contributed by atoms with Crippen LogP contribution in [0.4, 0.5) is 0 Å². The Morgan fingerprint density at radius 2 is 1.97 bits per heavy atom. The fourth-order valence-corrected chi connectivity index (χ4v) is 3.82. The molecule has 3 aromatic rings. The molecule has 34 heavy (non-hydrogen) atoms. The Kier molecular flexibility index (Phi) is 6.22. The molecule has 1 aromatic heterocycles. The minimum absolute atomic E-state index is 0.0645. The zero-order valence-electron chi connectivity index (χ0n) is 18.6. The quantitative estimate of drug-likeness (QED) is 0.483. The molecule has 3 N–H and O–H groups in total. The van der Waals surface area contributed by atoms with Gasteiger partial charge in [0.15, 0.2) is 18.1 Å². The molecule has 0 saturated heterocycles. The Labute approximate surface area is 194 Å². The van der Waals surface area contributed by atoms with Crippen LogP contribution in [0.25, 0.3) is 11.3 Å². The van der Waals surface area contributed by atoms with E-state index in [2.05, 4.69) is 10.5 Å². The maximum atomic E-state index is 12.8. The highest BCUT2D eigenvalue weighted by molar-refractivity contribution is 5.97. The number of carbonyl (C=O) groups is 3. The Hall–Kier alpha value is -4.34. The van der Waals surface area contributed by atoms with Gasteiger partial charge in [0.2, 0.25) is 0 Å². The monoisotopic (exact) mass is 465 g/mol. The molecule has 1 aliphatic rings. The first kappa shape index (κ1) is 22.8. The summed E-state index contributed by atoms with van der Waals surface area (Å²) in [6.07, 6.45) is 1.45. The fraction of sp³-hybridized carbons (Fsp3) is 0.250. The fourth-order valence-electron chi connectivity index (χ4n) is 3.82. The lowest BCUT2D eigenvalue weighted by Gasteiger charge is -2.14. The largest absolute Gasteiger partial charge is 0.507 e. The van der Waals surface area contributed by atoms with E-state index in [0.29, 0.717) is 17.7 Å². The average molecular weight is 465 g/mol. The van der Waals surface area contributed by atoms with Gasteiger partial charge >= 0.3 is 5.97 Å². The molecule has 0 saturated carbocycles. The van der Waals surface area contributed by atoms with Crippen molar-refractivity contribution < 1.29 is 33.9 Å². The number of aliphatic carboxylic acids is 1. The molecule has 0 aliphatic heterocycles. The lowest BCUT2D eigenvalue weighted by atomic mass is 10.1. The maximum absolute atomic E-state index is 12.8. The van der Waals surface area contributed by atoms with Crippen molar-refractivity contribution in [2.24, 2.45) is 0 Å². The van der Waals surface area contributed by atoms with E-state index in [1.54, 1.807) is 32.3 Å². The smallest absolute Gasteiger partial charge is 0.341 e. The Morgan fingerprint density at radius 1 is 1.18 bits per heavy atom. The van der Waals surface area contributed by atoms with Crippen molar-refractivity contribution >= 4 is 17.8 Å². The summed E-state index contributed by atoms with van der Waals surface area (Å²) in [5.41, 5.74) is 2.60. The maximum Gasteiger partial charge on any atom is 0.341 e. The normalized spacial score (nSPS) is 14.4. The second kappa shape index (κ2) is 9.26. The van der Waals surface area contributed by atoms with Crippen molar-refractivity contribution in [3.05, 3.63) is 64.8 Å². The van der Waals surface area contributed by atoms with Crippen LogP contribution in [0, 0.1) is 0 Å². The number of hydrogen-bond acceptors (Lipinski definition) is 7. The standard InChI is InChI=1S/C24H23N3O7/c1-27(2)24(32)16-7-4-14(9-20(16)28)21-11-19(26-34-21)23(31)25-18-8-5-13-3-6-15(10-17(13)18)33-12-22(29)30/h3-4,6-7,9-11,18,28H,5,8,12H2,1-2H3,(H,25,31)(H,29,30). The van der Waals surface area contributed by atoms with Crippen LogP contribution in [0.15, 0.2) is 47.0 Å². The third-order valence-corrected chi connectivity index (χ3v) is 5.52. The first-order valence-corrected chi connectivity index (χ1v) is 10.5. The lowest BCUT2D eigenvalue weighted by Crippen LogP contribution is -2.27. The summed E-state index contributed by atoms with van der Waals surface area (Å²) in [7, 11) is 3.17. The Bertz CT molecular complexity index is 1270. The molecule has 1 heterocycles. The number of amides is 2. The van der Waals surface area contributed by atoms with Crippen molar-refractivity contribution in [3.8, 4) is 22.8 Å². The third kappa shape index (κ3) is 4.70. The second-order valence-corrected chi connectivity index (χ2v) is 8.12. The summed E-state index contributed by atoms with van der Waals surface area (Å²) >= 11 is 0. The van der Waals surface area contributed by atoms with E-state index in [1.807, 2.05) is 6.07 Å². The summed E-state index contributed by atoms with van der Waals surface area (Å²) in [6, 6.07) is 11.0. The molecule has 2 amide bonds. The van der Waals surface area contributed by atoms with Crippen LogP contribution < -0.4 is 10.1 Å². The van der Waals surface area contributed by atoms with E-state index >= 15 is 0 Å². The van der Waals surface area contributed by atoms with Crippen molar-refractivity contribution in [2.75, 3.05) is 20.7 Å². The summed E-state index contributed by atoms with van der Waals surface area (Å²) in [5, 5.41) is 25.8. The van der Waals surface area contributed by atoms with E-state index < -0.39 is 18.5 Å². The van der Waals surface area contributed by atoms with Crippen LogP contribution >= 0.6 is 0 Å². The molecule has 176 valence electrons. The van der Waals surface area contributed by atoms with Crippen LogP contribution in [-0.2, 0) is 11.2 Å². The Morgan fingerprint density at radius 3 is 2.68 bits per heavy atom. The van der Waals surface area contributed by atoms with Gasteiger partial charge in [0, 0.05) is 25.7 Å². The molecule has 10 nitrogen and oxygen atoms in total. The molecule has 0 radical (unpaired) electrons.